The molecule has 0 spiro atoms. The van der Waals surface area contributed by atoms with E-state index in [-0.39, 0.29) is 5.82 Å². The van der Waals surface area contributed by atoms with Crippen molar-refractivity contribution in [3.8, 4) is 0 Å². The van der Waals surface area contributed by atoms with Gasteiger partial charge >= 0.3 is 0 Å². The van der Waals surface area contributed by atoms with Gasteiger partial charge in [-0.25, -0.2) is 4.39 Å². The number of benzene rings is 2. The Morgan fingerprint density at radius 1 is 1.00 bits per heavy atom. The summed E-state index contributed by atoms with van der Waals surface area (Å²) in [5.74, 6) is 0.624. The average Bonchev–Trinajstić information content (AvgIpc) is 2.57. The van der Waals surface area contributed by atoms with Crippen molar-refractivity contribution in [2.24, 2.45) is 0 Å². The fourth-order valence-corrected chi connectivity index (χ4v) is 2.03. The van der Waals surface area contributed by atoms with Crippen LogP contribution in [0.3, 0.4) is 0 Å². The topological polar surface area (TPSA) is 62.7 Å². The Morgan fingerprint density at radius 3 is 2.48 bits per heavy atom. The molecule has 0 aliphatic heterocycles. The van der Waals surface area contributed by atoms with Gasteiger partial charge in [0.2, 0.25) is 5.95 Å². The molecule has 1 aromatic heterocycles. The van der Waals surface area contributed by atoms with Crippen LogP contribution in [0.2, 0.25) is 5.02 Å². The summed E-state index contributed by atoms with van der Waals surface area (Å²) >= 11 is 5.85. The lowest BCUT2D eigenvalue weighted by molar-refractivity contribution is 0.628. The molecule has 5 nitrogen and oxygen atoms in total. The number of anilines is 3. The standard InChI is InChI=1S/C16H13ClFN5/c17-12-3-1-11(2-4-12)9-19-16-22-15(10-20-23-16)21-14-7-5-13(18)6-8-14/h1-8,10H,9H2,(H2,19,21,22,23). The van der Waals surface area contributed by atoms with Crippen LogP contribution in [-0.2, 0) is 6.54 Å². The van der Waals surface area contributed by atoms with Crippen molar-refractivity contribution in [1.82, 2.24) is 15.2 Å². The fraction of sp³-hybridized carbons (Fsp3) is 0.0625. The van der Waals surface area contributed by atoms with Crippen LogP contribution in [0, 0.1) is 5.82 Å². The minimum Gasteiger partial charge on any atom is -0.349 e. The second kappa shape index (κ2) is 7.02. The van der Waals surface area contributed by atoms with Gasteiger partial charge < -0.3 is 10.6 Å². The van der Waals surface area contributed by atoms with Crippen molar-refractivity contribution in [2.75, 3.05) is 10.6 Å². The van der Waals surface area contributed by atoms with E-state index in [1.165, 1.54) is 18.3 Å². The third-order valence-electron chi connectivity index (χ3n) is 3.04. The van der Waals surface area contributed by atoms with E-state index in [4.69, 9.17) is 11.6 Å². The van der Waals surface area contributed by atoms with E-state index in [1.807, 2.05) is 24.3 Å². The first-order valence-electron chi connectivity index (χ1n) is 6.90. The minimum absolute atomic E-state index is 0.290. The Bertz CT molecular complexity index is 777. The third-order valence-corrected chi connectivity index (χ3v) is 3.29. The Labute approximate surface area is 137 Å². The van der Waals surface area contributed by atoms with Gasteiger partial charge in [0.05, 0.1) is 6.20 Å². The molecule has 0 unspecified atom stereocenters. The van der Waals surface area contributed by atoms with Crippen molar-refractivity contribution in [3.63, 3.8) is 0 Å². The Morgan fingerprint density at radius 2 is 1.74 bits per heavy atom. The molecule has 7 heteroatoms. The normalized spacial score (nSPS) is 10.3. The molecule has 0 saturated heterocycles. The summed E-state index contributed by atoms with van der Waals surface area (Å²) in [7, 11) is 0. The van der Waals surface area contributed by atoms with E-state index in [2.05, 4.69) is 25.8 Å². The molecule has 116 valence electrons. The zero-order chi connectivity index (χ0) is 16.1. The largest absolute Gasteiger partial charge is 0.349 e. The first-order chi connectivity index (χ1) is 11.2. The van der Waals surface area contributed by atoms with Crippen LogP contribution in [0.4, 0.5) is 21.8 Å². The lowest BCUT2D eigenvalue weighted by Gasteiger charge is -2.08. The van der Waals surface area contributed by atoms with Gasteiger partial charge in [-0.15, -0.1) is 5.10 Å². The summed E-state index contributed by atoms with van der Waals surface area (Å²) in [6, 6.07) is 13.5. The molecule has 23 heavy (non-hydrogen) atoms. The quantitative estimate of drug-likeness (QED) is 0.740. The number of aromatic nitrogens is 3. The molecule has 0 aliphatic carbocycles. The first kappa shape index (κ1) is 15.2. The number of halogens is 2. The summed E-state index contributed by atoms with van der Waals surface area (Å²) in [6.45, 7) is 0.554. The Balaban J connectivity index is 1.65. The lowest BCUT2D eigenvalue weighted by atomic mass is 10.2. The highest BCUT2D eigenvalue weighted by Gasteiger charge is 2.02. The molecular formula is C16H13ClFN5. The highest BCUT2D eigenvalue weighted by atomic mass is 35.5. The van der Waals surface area contributed by atoms with E-state index in [9.17, 15) is 4.39 Å². The number of rotatable bonds is 5. The van der Waals surface area contributed by atoms with Crippen LogP contribution in [0.1, 0.15) is 5.56 Å². The maximum atomic E-state index is 12.9. The molecule has 0 amide bonds. The molecule has 1 heterocycles. The summed E-state index contributed by atoms with van der Waals surface area (Å²) in [6.07, 6.45) is 1.50. The molecule has 3 aromatic rings. The van der Waals surface area contributed by atoms with E-state index >= 15 is 0 Å². The molecule has 0 saturated carbocycles. The second-order valence-corrected chi connectivity index (χ2v) is 5.21. The van der Waals surface area contributed by atoms with Crippen LogP contribution in [-0.4, -0.2) is 15.2 Å². The molecule has 3 rings (SSSR count). The van der Waals surface area contributed by atoms with Gasteiger partial charge in [-0.2, -0.15) is 10.1 Å². The highest BCUT2D eigenvalue weighted by Crippen LogP contribution is 2.15. The first-order valence-corrected chi connectivity index (χ1v) is 7.27. The van der Waals surface area contributed by atoms with Gasteiger partial charge in [0.1, 0.15) is 5.82 Å². The number of nitrogens with zero attached hydrogens (tertiary/aromatic N) is 3. The van der Waals surface area contributed by atoms with Crippen molar-refractivity contribution < 1.29 is 4.39 Å². The van der Waals surface area contributed by atoms with E-state index in [0.717, 1.165) is 11.3 Å². The van der Waals surface area contributed by atoms with Crippen LogP contribution < -0.4 is 10.6 Å². The number of hydrogen-bond acceptors (Lipinski definition) is 5. The van der Waals surface area contributed by atoms with Crippen molar-refractivity contribution in [1.29, 1.82) is 0 Å². The van der Waals surface area contributed by atoms with Gasteiger partial charge in [0.25, 0.3) is 0 Å². The Kier molecular flexibility index (Phi) is 4.63. The molecule has 2 aromatic carbocycles. The van der Waals surface area contributed by atoms with Crippen LogP contribution in [0.15, 0.2) is 54.7 Å². The molecule has 0 aliphatic rings. The molecule has 0 radical (unpaired) electrons. The summed E-state index contributed by atoms with van der Waals surface area (Å²) in [5, 5.41) is 14.6. The highest BCUT2D eigenvalue weighted by molar-refractivity contribution is 6.30. The summed E-state index contributed by atoms with van der Waals surface area (Å²) in [5.41, 5.74) is 1.77. The molecular weight excluding hydrogens is 317 g/mol. The van der Waals surface area contributed by atoms with Gasteiger partial charge in [0, 0.05) is 17.3 Å². The SMILES string of the molecule is Fc1ccc(Nc2cnnc(NCc3ccc(Cl)cc3)n2)cc1. The lowest BCUT2D eigenvalue weighted by Crippen LogP contribution is -2.06. The minimum atomic E-state index is -0.290. The summed E-state index contributed by atoms with van der Waals surface area (Å²) < 4.78 is 12.9. The number of nitrogens with one attached hydrogen (secondary N) is 2. The van der Waals surface area contributed by atoms with E-state index in [0.29, 0.717) is 23.3 Å². The maximum absolute atomic E-state index is 12.9. The molecule has 2 N–H and O–H groups in total. The van der Waals surface area contributed by atoms with Crippen molar-refractivity contribution in [2.45, 2.75) is 6.54 Å². The van der Waals surface area contributed by atoms with Gasteiger partial charge in [-0.1, -0.05) is 23.7 Å². The third kappa shape index (κ3) is 4.37. The van der Waals surface area contributed by atoms with Gasteiger partial charge in [0.15, 0.2) is 5.82 Å². The molecule has 0 atom stereocenters. The monoisotopic (exact) mass is 329 g/mol. The van der Waals surface area contributed by atoms with E-state index in [1.54, 1.807) is 12.1 Å². The average molecular weight is 330 g/mol. The fourth-order valence-electron chi connectivity index (χ4n) is 1.90. The Hall–Kier alpha value is -2.73. The van der Waals surface area contributed by atoms with Crippen LogP contribution >= 0.6 is 11.6 Å². The predicted molar refractivity (Wildman–Crippen MR) is 88.3 cm³/mol. The summed E-state index contributed by atoms with van der Waals surface area (Å²) in [4.78, 5) is 4.31. The smallest absolute Gasteiger partial charge is 0.244 e. The van der Waals surface area contributed by atoms with Crippen molar-refractivity contribution >= 4 is 29.1 Å². The number of hydrogen-bond donors (Lipinski definition) is 2. The molecule has 0 fully saturated rings. The maximum Gasteiger partial charge on any atom is 0.244 e. The van der Waals surface area contributed by atoms with Crippen LogP contribution in [0.5, 0.6) is 0 Å². The van der Waals surface area contributed by atoms with E-state index < -0.39 is 0 Å². The van der Waals surface area contributed by atoms with Gasteiger partial charge in [-0.3, -0.25) is 0 Å². The second-order valence-electron chi connectivity index (χ2n) is 4.78. The zero-order valence-corrected chi connectivity index (χ0v) is 12.8. The molecule has 0 bridgehead atoms. The predicted octanol–water partition coefficient (Wildman–Crippen LogP) is 4.02. The zero-order valence-electron chi connectivity index (χ0n) is 12.0. The van der Waals surface area contributed by atoms with Crippen molar-refractivity contribution in [3.05, 3.63) is 71.1 Å². The van der Waals surface area contributed by atoms with Crippen LogP contribution in [0.25, 0.3) is 0 Å². The van der Waals surface area contributed by atoms with Gasteiger partial charge in [-0.05, 0) is 42.0 Å².